The van der Waals surface area contributed by atoms with Crippen molar-refractivity contribution in [1.82, 2.24) is 0 Å². The molecule has 4 aliphatic carbocycles. The van der Waals surface area contributed by atoms with Crippen molar-refractivity contribution in [3.8, 4) is 0 Å². The van der Waals surface area contributed by atoms with Crippen LogP contribution in [-0.2, 0) is 9.47 Å². The van der Waals surface area contributed by atoms with Crippen molar-refractivity contribution in [2.45, 2.75) is 97.0 Å². The molecule has 4 bridgehead atoms. The predicted molar refractivity (Wildman–Crippen MR) is 87.3 cm³/mol. The van der Waals surface area contributed by atoms with Gasteiger partial charge in [-0.3, -0.25) is 0 Å². The minimum Gasteiger partial charge on any atom is -0.391 e. The van der Waals surface area contributed by atoms with E-state index >= 15 is 52.7 Å². The predicted octanol–water partition coefficient (Wildman–Crippen LogP) is 4.31. The van der Waals surface area contributed by atoms with E-state index in [1.807, 2.05) is 0 Å². The van der Waals surface area contributed by atoms with Crippen molar-refractivity contribution < 1.29 is 81.2 Å². The fourth-order valence-electron chi connectivity index (χ4n) is 5.04. The summed E-state index contributed by atoms with van der Waals surface area (Å²) in [6.45, 7) is -2.50. The number of halogens is 14. The molecule has 0 heterocycles. The SMILES string of the molecule is CCC(O)COC12C(F)(F)C3(F)C(F)(F)C(F)(C1(F)F)C(F)(F)C(OCC(O)CC)(C3(F)F)C2(F)F. The lowest BCUT2D eigenvalue weighted by Crippen LogP contribution is -3.11. The third-order valence-electron chi connectivity index (χ3n) is 7.18. The number of ether oxygens (including phenoxy) is 2. The molecule has 4 fully saturated rings. The average Bonchev–Trinajstić information content (AvgIpc) is 2.74. The Morgan fingerprint density at radius 3 is 0.944 bits per heavy atom. The maximum atomic E-state index is 15.6. The van der Waals surface area contributed by atoms with Crippen LogP contribution in [0.25, 0.3) is 0 Å². The van der Waals surface area contributed by atoms with Gasteiger partial charge in [0, 0.05) is 0 Å². The molecule has 0 aromatic heterocycles. The van der Waals surface area contributed by atoms with Crippen molar-refractivity contribution in [3.63, 3.8) is 0 Å². The van der Waals surface area contributed by atoms with E-state index in [4.69, 9.17) is 0 Å². The minimum absolute atomic E-state index is 0.701. The van der Waals surface area contributed by atoms with Gasteiger partial charge in [-0.05, 0) is 12.8 Å². The molecule has 4 saturated carbocycles. The smallest absolute Gasteiger partial charge is 0.339 e. The lowest BCUT2D eigenvalue weighted by molar-refractivity contribution is -0.630. The summed E-state index contributed by atoms with van der Waals surface area (Å²) in [5.74, 6) is -45.0. The molecule has 0 radical (unpaired) electrons. The summed E-state index contributed by atoms with van der Waals surface area (Å²) >= 11 is 0. The Labute approximate surface area is 192 Å². The lowest BCUT2D eigenvalue weighted by atomic mass is 9.39. The number of aliphatic hydroxyl groups is 2. The number of hydrogen-bond acceptors (Lipinski definition) is 4. The van der Waals surface area contributed by atoms with E-state index in [-0.39, 0.29) is 0 Å². The molecule has 4 nitrogen and oxygen atoms in total. The summed E-state index contributed by atoms with van der Waals surface area (Å²) < 4.78 is 219. The normalized spacial score (nSPS) is 43.8. The van der Waals surface area contributed by atoms with Crippen LogP contribution >= 0.6 is 0 Å². The highest BCUT2D eigenvalue weighted by Gasteiger charge is 3.23. The van der Waals surface area contributed by atoms with Crippen molar-refractivity contribution in [1.29, 1.82) is 0 Å². The molecule has 0 aliphatic heterocycles. The van der Waals surface area contributed by atoms with Crippen LogP contribution in [0.2, 0.25) is 0 Å². The summed E-state index contributed by atoms with van der Waals surface area (Å²) in [7, 11) is 0. The van der Waals surface area contributed by atoms with Crippen LogP contribution in [0.4, 0.5) is 61.5 Å². The Bertz CT molecular complexity index is 806. The van der Waals surface area contributed by atoms with Gasteiger partial charge >= 0.3 is 46.9 Å². The van der Waals surface area contributed by atoms with Gasteiger partial charge in [0.25, 0.3) is 11.2 Å². The van der Waals surface area contributed by atoms with E-state index in [1.54, 1.807) is 0 Å². The molecule has 0 aromatic rings. The van der Waals surface area contributed by atoms with E-state index < -0.39 is 96.3 Å². The minimum atomic E-state index is -7.75. The molecule has 4 rings (SSSR count). The maximum absolute atomic E-state index is 15.6. The number of hydrogen-bond donors (Lipinski definition) is 2. The summed E-state index contributed by atoms with van der Waals surface area (Å²) in [6, 6.07) is 0. The standard InChI is InChI=1S/C18H18F14O4/c1-3-7(33)5-35-11-14(23,24)9(19)13(21,22)10(20,15(11,25)26)17(29,30)12(16(9,27)28,18(11,31)32)36-6-8(34)4-2/h7-8,33-34H,3-6H2,1-2H3. The topological polar surface area (TPSA) is 58.9 Å². The molecule has 0 spiro atoms. The fraction of sp³-hybridized carbons (Fsp3) is 1.00. The van der Waals surface area contributed by atoms with Crippen molar-refractivity contribution in [2.24, 2.45) is 0 Å². The first-order valence-electron chi connectivity index (χ1n) is 10.2. The Hall–Kier alpha value is -1.14. The molecular formula is C18H18F14O4. The number of rotatable bonds is 8. The molecule has 2 N–H and O–H groups in total. The molecule has 212 valence electrons. The zero-order valence-corrected chi connectivity index (χ0v) is 18.0. The second-order valence-corrected chi connectivity index (χ2v) is 8.87. The molecule has 0 saturated heterocycles. The summed E-state index contributed by atoms with van der Waals surface area (Å²) in [5.41, 5.74) is -28.6. The lowest BCUT2D eigenvalue weighted by Gasteiger charge is -2.76. The van der Waals surface area contributed by atoms with Crippen molar-refractivity contribution >= 4 is 0 Å². The van der Waals surface area contributed by atoms with Crippen LogP contribution in [0.1, 0.15) is 26.7 Å². The molecule has 0 aromatic carbocycles. The van der Waals surface area contributed by atoms with Crippen LogP contribution in [0.15, 0.2) is 0 Å². The number of alkyl halides is 14. The van der Waals surface area contributed by atoms with Gasteiger partial charge in [0.2, 0.25) is 0 Å². The summed E-state index contributed by atoms with van der Waals surface area (Å²) in [4.78, 5) is 0. The largest absolute Gasteiger partial charge is 0.391 e. The Morgan fingerprint density at radius 1 is 0.472 bits per heavy atom. The fourth-order valence-corrected chi connectivity index (χ4v) is 5.04. The Kier molecular flexibility index (Phi) is 5.95. The van der Waals surface area contributed by atoms with Gasteiger partial charge in [0.1, 0.15) is 0 Å². The second-order valence-electron chi connectivity index (χ2n) is 8.87. The first-order chi connectivity index (χ1) is 15.9. The summed E-state index contributed by atoms with van der Waals surface area (Å²) in [6.07, 6.45) is -6.03. The van der Waals surface area contributed by atoms with Gasteiger partial charge in [-0.25, -0.2) is 8.78 Å². The molecule has 0 amide bonds. The van der Waals surface area contributed by atoms with E-state index in [2.05, 4.69) is 9.47 Å². The number of aliphatic hydroxyl groups excluding tert-OH is 2. The van der Waals surface area contributed by atoms with Gasteiger partial charge in [0.05, 0.1) is 25.4 Å². The monoisotopic (exact) mass is 564 g/mol. The first kappa shape index (κ1) is 29.4. The molecule has 2 atom stereocenters. The zero-order chi connectivity index (χ0) is 28.4. The van der Waals surface area contributed by atoms with Gasteiger partial charge in [0.15, 0.2) is 0 Å². The summed E-state index contributed by atoms with van der Waals surface area (Å²) in [5, 5.41) is 18.8. The molecular weight excluding hydrogens is 546 g/mol. The van der Waals surface area contributed by atoms with Gasteiger partial charge in [-0.2, -0.15) is 52.7 Å². The van der Waals surface area contributed by atoms with Crippen LogP contribution in [0, 0.1) is 0 Å². The molecule has 4 aliphatic rings. The second kappa shape index (κ2) is 7.28. The Morgan fingerprint density at radius 2 is 0.722 bits per heavy atom. The molecule has 36 heavy (non-hydrogen) atoms. The quantitative estimate of drug-likeness (QED) is 0.432. The molecule has 18 heteroatoms. The van der Waals surface area contributed by atoms with Crippen LogP contribution in [0.3, 0.4) is 0 Å². The highest BCUT2D eigenvalue weighted by Crippen LogP contribution is 2.88. The van der Waals surface area contributed by atoms with Crippen LogP contribution in [0.5, 0.6) is 0 Å². The third kappa shape index (κ3) is 2.21. The Balaban J connectivity index is 2.57. The highest BCUT2D eigenvalue weighted by atomic mass is 19.3. The zero-order valence-electron chi connectivity index (χ0n) is 18.0. The van der Waals surface area contributed by atoms with Gasteiger partial charge in [-0.15, -0.1) is 0 Å². The van der Waals surface area contributed by atoms with Crippen molar-refractivity contribution in [2.75, 3.05) is 13.2 Å². The maximum Gasteiger partial charge on any atom is 0.339 e. The first-order valence-corrected chi connectivity index (χ1v) is 10.2. The average molecular weight is 564 g/mol. The van der Waals surface area contributed by atoms with Crippen molar-refractivity contribution in [3.05, 3.63) is 0 Å². The van der Waals surface area contributed by atoms with E-state index in [0.717, 1.165) is 13.8 Å². The van der Waals surface area contributed by atoms with Gasteiger partial charge in [-0.1, -0.05) is 13.8 Å². The van der Waals surface area contributed by atoms with E-state index in [9.17, 15) is 19.0 Å². The van der Waals surface area contributed by atoms with E-state index in [0.29, 0.717) is 0 Å². The van der Waals surface area contributed by atoms with Crippen LogP contribution in [-0.4, -0.2) is 93.7 Å². The highest BCUT2D eigenvalue weighted by molar-refractivity contribution is 5.54. The molecule has 2 unspecified atom stereocenters. The van der Waals surface area contributed by atoms with E-state index in [1.165, 1.54) is 0 Å². The van der Waals surface area contributed by atoms with Gasteiger partial charge < -0.3 is 19.7 Å². The van der Waals surface area contributed by atoms with Crippen LogP contribution < -0.4 is 0 Å². The third-order valence-corrected chi connectivity index (χ3v) is 7.18.